The summed E-state index contributed by atoms with van der Waals surface area (Å²) < 4.78 is 97.3. The Morgan fingerprint density at radius 1 is 0.615 bits per heavy atom. The first-order chi connectivity index (χ1) is 11.9. The van der Waals surface area contributed by atoms with Crippen molar-refractivity contribution in [3.05, 3.63) is 34.5 Å². The van der Waals surface area contributed by atoms with Crippen molar-refractivity contribution < 1.29 is 43.4 Å². The molecule has 0 bridgehead atoms. The van der Waals surface area contributed by atoms with Crippen LogP contribution in [-0.2, 0) is 47.6 Å². The van der Waals surface area contributed by atoms with Crippen molar-refractivity contribution in [3.8, 4) is 0 Å². The zero-order chi connectivity index (χ0) is 19.2. The smallest absolute Gasteiger partial charge is 0.278 e. The van der Waals surface area contributed by atoms with Crippen LogP contribution in [0, 0.1) is 0 Å². The van der Waals surface area contributed by atoms with Crippen LogP contribution in [0.25, 0.3) is 0 Å². The average Bonchev–Trinajstić information content (AvgIpc) is 3.07. The van der Waals surface area contributed by atoms with E-state index in [1.54, 1.807) is 0 Å². The molecule has 0 aromatic rings. The van der Waals surface area contributed by atoms with Crippen LogP contribution in [0.4, 0.5) is 0 Å². The Hall–Kier alpha value is -0.820. The first kappa shape index (κ1) is 19.9. The van der Waals surface area contributed by atoms with E-state index in [1.807, 2.05) is 0 Å². The van der Waals surface area contributed by atoms with Gasteiger partial charge in [-0.1, -0.05) is 0 Å². The van der Waals surface area contributed by atoms with Crippen molar-refractivity contribution in [2.45, 2.75) is 18.3 Å². The summed E-state index contributed by atoms with van der Waals surface area (Å²) in [6, 6.07) is 0. The molecule has 10 nitrogen and oxygen atoms in total. The van der Waals surface area contributed by atoms with Crippen LogP contribution in [-0.4, -0.2) is 60.8 Å². The van der Waals surface area contributed by atoms with Gasteiger partial charge in [-0.2, -0.15) is 0 Å². The van der Waals surface area contributed by atoms with E-state index in [0.29, 0.717) is 0 Å². The van der Waals surface area contributed by atoms with E-state index < -0.39 is 72.9 Å². The molecule has 0 amide bonds. The second-order valence-electron chi connectivity index (χ2n) is 5.85. The van der Waals surface area contributed by atoms with Crippen LogP contribution in [0.1, 0.15) is 0 Å². The Kier molecular flexibility index (Phi) is 5.10. The number of hydrogen-bond donors (Lipinski definition) is 0. The van der Waals surface area contributed by atoms with Gasteiger partial charge in [0.1, 0.15) is 18.3 Å². The second-order valence-corrected chi connectivity index (χ2v) is 13.2. The first-order valence-corrected chi connectivity index (χ1v) is 13.8. The fourth-order valence-corrected chi connectivity index (χ4v) is 7.78. The molecular weight excluding hydrogens is 431 g/mol. The molecule has 0 saturated carbocycles. The lowest BCUT2D eigenvalue weighted by molar-refractivity contribution is 0.0786. The maximum Gasteiger partial charge on any atom is 0.476 e. The van der Waals surface area contributed by atoms with Crippen LogP contribution < -0.4 is 0 Å². The van der Waals surface area contributed by atoms with E-state index in [2.05, 4.69) is 0 Å². The maximum absolute atomic E-state index is 13.0. The van der Waals surface area contributed by atoms with E-state index in [4.69, 9.17) is 13.6 Å². The SMILES string of the molecule is O=P(O[C@H]1C=CS(=O)(=O)C1)(O[C@H]1C=CS(=O)(=O)C1)O[C@H]1C=CS(=O)(=O)C1. The number of phosphoric acid groups is 1. The third-order valence-corrected chi connectivity index (χ3v) is 9.17. The number of sulfone groups is 3. The van der Waals surface area contributed by atoms with E-state index in [9.17, 15) is 29.8 Å². The molecular formula is C12H15O10PS3. The molecule has 0 N–H and O–H groups in total. The Balaban J connectivity index is 1.77. The molecule has 0 spiro atoms. The van der Waals surface area contributed by atoms with Crippen molar-refractivity contribution in [1.82, 2.24) is 0 Å². The van der Waals surface area contributed by atoms with Gasteiger partial charge in [-0.05, 0) is 18.2 Å². The fraction of sp³-hybridized carbons (Fsp3) is 0.500. The van der Waals surface area contributed by atoms with Gasteiger partial charge in [-0.25, -0.2) is 29.8 Å². The van der Waals surface area contributed by atoms with E-state index in [0.717, 1.165) is 34.5 Å². The summed E-state index contributed by atoms with van der Waals surface area (Å²) in [5.74, 6) is -1.45. The lowest BCUT2D eigenvalue weighted by atomic mass is 10.4. The minimum atomic E-state index is -4.48. The highest BCUT2D eigenvalue weighted by molar-refractivity contribution is 7.95. The predicted octanol–water partition coefficient (Wildman–Crippen LogP) is 0.0764. The van der Waals surface area contributed by atoms with Gasteiger partial charge in [-0.15, -0.1) is 0 Å². The summed E-state index contributed by atoms with van der Waals surface area (Å²) in [5, 5.41) is 2.67. The molecule has 0 fully saturated rings. The van der Waals surface area contributed by atoms with Crippen LogP contribution in [0.5, 0.6) is 0 Å². The third kappa shape index (κ3) is 5.12. The Morgan fingerprint density at radius 3 is 1.08 bits per heavy atom. The Labute approximate surface area is 150 Å². The fourth-order valence-electron chi connectivity index (χ4n) is 2.41. The number of hydrogen-bond acceptors (Lipinski definition) is 10. The summed E-state index contributed by atoms with van der Waals surface area (Å²) in [6.45, 7) is 0. The maximum atomic E-state index is 13.0. The van der Waals surface area contributed by atoms with Gasteiger partial charge in [0.2, 0.25) is 0 Å². The first-order valence-electron chi connectivity index (χ1n) is 7.24. The molecule has 0 saturated heterocycles. The molecule has 0 radical (unpaired) electrons. The highest BCUT2D eigenvalue weighted by Crippen LogP contribution is 2.54. The molecule has 0 aliphatic carbocycles. The minimum Gasteiger partial charge on any atom is -0.278 e. The topological polar surface area (TPSA) is 147 Å². The number of rotatable bonds is 6. The summed E-state index contributed by atoms with van der Waals surface area (Å²) in [5.41, 5.74) is 0. The zero-order valence-corrected chi connectivity index (χ0v) is 16.4. The van der Waals surface area contributed by atoms with Crippen LogP contribution in [0.2, 0.25) is 0 Å². The third-order valence-electron chi connectivity index (χ3n) is 3.48. The molecule has 3 aliphatic heterocycles. The second kappa shape index (κ2) is 6.66. The molecule has 0 aromatic heterocycles. The average molecular weight is 446 g/mol. The van der Waals surface area contributed by atoms with Crippen molar-refractivity contribution in [1.29, 1.82) is 0 Å². The predicted molar refractivity (Wildman–Crippen MR) is 91.0 cm³/mol. The molecule has 3 heterocycles. The van der Waals surface area contributed by atoms with Crippen molar-refractivity contribution >= 4 is 37.3 Å². The largest absolute Gasteiger partial charge is 0.476 e. The van der Waals surface area contributed by atoms with Crippen LogP contribution >= 0.6 is 7.82 Å². The highest BCUT2D eigenvalue weighted by Gasteiger charge is 2.41. The van der Waals surface area contributed by atoms with Gasteiger partial charge in [0.25, 0.3) is 0 Å². The summed E-state index contributed by atoms with van der Waals surface area (Å²) >= 11 is 0. The Bertz CT molecular complexity index is 902. The molecule has 3 aliphatic rings. The van der Waals surface area contributed by atoms with E-state index >= 15 is 0 Å². The lowest BCUT2D eigenvalue weighted by Crippen LogP contribution is -2.23. The van der Waals surface area contributed by atoms with Gasteiger partial charge in [0.15, 0.2) is 29.5 Å². The number of phosphoric ester groups is 1. The van der Waals surface area contributed by atoms with Crippen LogP contribution in [0.3, 0.4) is 0 Å². The zero-order valence-electron chi connectivity index (χ0n) is 13.1. The Morgan fingerprint density at radius 2 is 0.885 bits per heavy atom. The molecule has 0 aromatic carbocycles. The van der Waals surface area contributed by atoms with Crippen molar-refractivity contribution in [2.75, 3.05) is 17.3 Å². The summed E-state index contributed by atoms with van der Waals surface area (Å²) in [6.07, 6.45) is 0.0605. The van der Waals surface area contributed by atoms with Crippen molar-refractivity contribution in [3.63, 3.8) is 0 Å². The molecule has 3 atom stereocenters. The van der Waals surface area contributed by atoms with Crippen LogP contribution in [0.15, 0.2) is 34.5 Å². The molecule has 14 heteroatoms. The molecule has 146 valence electrons. The molecule has 0 unspecified atom stereocenters. The summed E-state index contributed by atoms with van der Waals surface area (Å²) in [7, 11) is -15.0. The highest BCUT2D eigenvalue weighted by atomic mass is 32.2. The van der Waals surface area contributed by atoms with E-state index in [1.165, 1.54) is 0 Å². The van der Waals surface area contributed by atoms with Crippen molar-refractivity contribution in [2.24, 2.45) is 0 Å². The van der Waals surface area contributed by atoms with Gasteiger partial charge < -0.3 is 0 Å². The minimum absolute atomic E-state index is 0.485. The molecule has 3 rings (SSSR count). The summed E-state index contributed by atoms with van der Waals surface area (Å²) in [4.78, 5) is 0. The van der Waals surface area contributed by atoms with E-state index in [-0.39, 0.29) is 0 Å². The van der Waals surface area contributed by atoms with Gasteiger partial charge in [0, 0.05) is 16.2 Å². The molecule has 26 heavy (non-hydrogen) atoms. The quantitative estimate of drug-likeness (QED) is 0.514. The normalized spacial score (nSPS) is 33.8. The standard InChI is InChI=1S/C12H15O10PS3/c13-23(20-10-1-4-24(14,15)7-10,21-11-2-5-25(16,17)8-11)22-12-3-6-26(18,19)9-12/h1-6,10-12H,7-9H2/t10-,11-,12-/m0/s1. The monoisotopic (exact) mass is 446 g/mol. The van der Waals surface area contributed by atoms with Gasteiger partial charge in [0.05, 0.1) is 17.3 Å². The van der Waals surface area contributed by atoms with Gasteiger partial charge in [-0.3, -0.25) is 13.6 Å². The van der Waals surface area contributed by atoms with Gasteiger partial charge >= 0.3 is 7.82 Å². The lowest BCUT2D eigenvalue weighted by Gasteiger charge is -2.24.